The Hall–Kier alpha value is -0.160. The zero-order chi connectivity index (χ0) is 9.84. The van der Waals surface area contributed by atoms with E-state index in [4.69, 9.17) is 4.74 Å². The first-order valence-electron chi connectivity index (χ1n) is 4.91. The minimum atomic E-state index is -0.707. The Morgan fingerprint density at radius 2 is 2.08 bits per heavy atom. The van der Waals surface area contributed by atoms with Crippen LogP contribution >= 0.6 is 0 Å². The predicted octanol–water partition coefficient (Wildman–Crippen LogP) is 0.232. The number of rotatable bonds is 4. The van der Waals surface area contributed by atoms with E-state index in [-0.39, 0.29) is 6.04 Å². The Bertz CT molecular complexity index is 139. The van der Waals surface area contributed by atoms with Crippen LogP contribution in [0.4, 0.5) is 0 Å². The molecular formula is C9H20N2O2. The Kier molecular flexibility index (Phi) is 4.12. The molecule has 0 aromatic rings. The van der Waals surface area contributed by atoms with Crippen molar-refractivity contribution in [3.8, 4) is 0 Å². The first-order chi connectivity index (χ1) is 6.19. The molecule has 0 saturated carbocycles. The van der Waals surface area contributed by atoms with Crippen molar-refractivity contribution < 1.29 is 9.84 Å². The maximum Gasteiger partial charge on any atom is 0.170 e. The Morgan fingerprint density at radius 3 is 2.62 bits per heavy atom. The van der Waals surface area contributed by atoms with Crippen molar-refractivity contribution in [1.82, 2.24) is 10.9 Å². The fraction of sp³-hybridized carbons (Fsp3) is 1.00. The first-order valence-corrected chi connectivity index (χ1v) is 4.91. The molecule has 4 heteroatoms. The van der Waals surface area contributed by atoms with Gasteiger partial charge in [-0.2, -0.15) is 0 Å². The van der Waals surface area contributed by atoms with Gasteiger partial charge in [-0.1, -0.05) is 20.3 Å². The normalized spacial score (nSPS) is 33.2. The predicted molar refractivity (Wildman–Crippen MR) is 50.9 cm³/mol. The molecule has 1 aliphatic heterocycles. The Labute approximate surface area is 79.6 Å². The molecule has 0 aliphatic carbocycles. The largest absolute Gasteiger partial charge is 0.367 e. The van der Waals surface area contributed by atoms with Gasteiger partial charge in [0.2, 0.25) is 0 Å². The molecule has 3 N–H and O–H groups in total. The maximum atomic E-state index is 9.41. The van der Waals surface area contributed by atoms with Crippen LogP contribution in [-0.2, 0) is 4.74 Å². The van der Waals surface area contributed by atoms with Gasteiger partial charge in [-0.15, -0.1) is 0 Å². The van der Waals surface area contributed by atoms with Gasteiger partial charge in [-0.25, -0.2) is 5.43 Å². The van der Waals surface area contributed by atoms with Crippen molar-refractivity contribution in [2.24, 2.45) is 5.92 Å². The average molecular weight is 188 g/mol. The van der Waals surface area contributed by atoms with Gasteiger partial charge in [0.05, 0.1) is 6.04 Å². The van der Waals surface area contributed by atoms with E-state index in [9.17, 15) is 5.11 Å². The molecule has 1 fully saturated rings. The maximum absolute atomic E-state index is 9.41. The van der Waals surface area contributed by atoms with Gasteiger partial charge in [0.25, 0.3) is 0 Å². The second-order valence-corrected chi connectivity index (χ2v) is 3.75. The molecule has 4 unspecified atom stereocenters. The molecule has 1 saturated heterocycles. The van der Waals surface area contributed by atoms with Crippen LogP contribution in [0.15, 0.2) is 0 Å². The van der Waals surface area contributed by atoms with Crippen molar-refractivity contribution in [2.45, 2.75) is 45.1 Å². The zero-order valence-electron chi connectivity index (χ0n) is 8.58. The molecular weight excluding hydrogens is 168 g/mol. The number of hydrazine groups is 1. The summed E-state index contributed by atoms with van der Waals surface area (Å²) in [6, 6.07) is 0.462. The van der Waals surface area contributed by atoms with Crippen molar-refractivity contribution in [1.29, 1.82) is 0 Å². The van der Waals surface area contributed by atoms with E-state index in [2.05, 4.69) is 24.7 Å². The number of aliphatic hydroxyl groups excluding tert-OH is 1. The summed E-state index contributed by atoms with van der Waals surface area (Å²) in [7, 11) is 1.52. The van der Waals surface area contributed by atoms with E-state index in [1.165, 1.54) is 7.11 Å². The molecule has 0 spiro atoms. The number of methoxy groups -OCH3 is 1. The van der Waals surface area contributed by atoms with Gasteiger partial charge in [0.15, 0.2) is 6.29 Å². The zero-order valence-corrected chi connectivity index (χ0v) is 8.58. The Balaban J connectivity index is 2.35. The number of nitrogens with one attached hydrogen (secondary N) is 2. The van der Waals surface area contributed by atoms with Crippen LogP contribution in [0.2, 0.25) is 0 Å². The molecule has 0 bridgehead atoms. The second-order valence-electron chi connectivity index (χ2n) is 3.75. The lowest BCUT2D eigenvalue weighted by atomic mass is 9.95. The second kappa shape index (κ2) is 4.91. The van der Waals surface area contributed by atoms with Crippen LogP contribution in [-0.4, -0.2) is 30.6 Å². The number of ether oxygens (including phenoxy) is 1. The van der Waals surface area contributed by atoms with E-state index in [0.717, 1.165) is 12.8 Å². The summed E-state index contributed by atoms with van der Waals surface area (Å²) in [5.74, 6) is 0.626. The molecule has 1 heterocycles. The molecule has 4 atom stereocenters. The lowest BCUT2D eigenvalue weighted by molar-refractivity contribution is -0.0943. The highest BCUT2D eigenvalue weighted by atomic mass is 16.6. The highest BCUT2D eigenvalue weighted by Gasteiger charge is 2.31. The smallest absolute Gasteiger partial charge is 0.170 e. The summed E-state index contributed by atoms with van der Waals surface area (Å²) in [6.07, 6.45) is 1.36. The van der Waals surface area contributed by atoms with Crippen LogP contribution in [0.25, 0.3) is 0 Å². The van der Waals surface area contributed by atoms with E-state index >= 15 is 0 Å². The van der Waals surface area contributed by atoms with Crippen LogP contribution in [0.3, 0.4) is 0 Å². The van der Waals surface area contributed by atoms with Gasteiger partial charge < -0.3 is 9.84 Å². The number of hydrogen-bond acceptors (Lipinski definition) is 4. The van der Waals surface area contributed by atoms with Crippen molar-refractivity contribution in [3.05, 3.63) is 0 Å². The quantitative estimate of drug-likeness (QED) is 0.553. The first kappa shape index (κ1) is 10.9. The molecule has 0 amide bonds. The highest BCUT2D eigenvalue weighted by Crippen LogP contribution is 2.18. The van der Waals surface area contributed by atoms with Crippen LogP contribution in [0.5, 0.6) is 0 Å². The van der Waals surface area contributed by atoms with E-state index in [1.54, 1.807) is 0 Å². The molecule has 78 valence electrons. The van der Waals surface area contributed by atoms with Crippen molar-refractivity contribution >= 4 is 0 Å². The third-order valence-electron chi connectivity index (χ3n) is 2.88. The summed E-state index contributed by atoms with van der Waals surface area (Å²) in [6.45, 7) is 4.38. The topological polar surface area (TPSA) is 53.5 Å². The van der Waals surface area contributed by atoms with Gasteiger partial charge in [0.1, 0.15) is 0 Å². The molecule has 4 nitrogen and oxygen atoms in total. The fourth-order valence-electron chi connectivity index (χ4n) is 1.62. The van der Waals surface area contributed by atoms with Gasteiger partial charge >= 0.3 is 0 Å². The molecule has 1 rings (SSSR count). The monoisotopic (exact) mass is 188 g/mol. The van der Waals surface area contributed by atoms with Crippen LogP contribution in [0, 0.1) is 5.92 Å². The van der Waals surface area contributed by atoms with E-state index < -0.39 is 6.29 Å². The minimum Gasteiger partial charge on any atom is -0.367 e. The standard InChI is InChI=1S/C9H20N2O2/c1-4-6(2)7-5-8(11-10-7)9(12)13-3/h6-12H,4-5H2,1-3H3. The summed E-state index contributed by atoms with van der Waals surface area (Å²) in [5, 5.41) is 9.41. The number of aliphatic hydroxyl groups is 1. The summed E-state index contributed by atoms with van der Waals surface area (Å²) < 4.78 is 4.85. The molecule has 0 aromatic heterocycles. The average Bonchev–Trinajstić information content (AvgIpc) is 2.64. The lowest BCUT2D eigenvalue weighted by Crippen LogP contribution is -2.41. The summed E-state index contributed by atoms with van der Waals surface area (Å²) >= 11 is 0. The molecule has 1 aliphatic rings. The number of hydrogen-bond donors (Lipinski definition) is 3. The summed E-state index contributed by atoms with van der Waals surface area (Å²) in [5.41, 5.74) is 6.23. The van der Waals surface area contributed by atoms with E-state index in [0.29, 0.717) is 12.0 Å². The van der Waals surface area contributed by atoms with Crippen molar-refractivity contribution in [3.63, 3.8) is 0 Å². The van der Waals surface area contributed by atoms with Gasteiger partial charge in [-0.05, 0) is 12.3 Å². The summed E-state index contributed by atoms with van der Waals surface area (Å²) in [4.78, 5) is 0. The minimum absolute atomic E-state index is 0.0176. The van der Waals surface area contributed by atoms with Crippen LogP contribution in [0.1, 0.15) is 26.7 Å². The Morgan fingerprint density at radius 1 is 1.46 bits per heavy atom. The SMILES string of the molecule is CCC(C)C1CC(C(O)OC)NN1. The fourth-order valence-corrected chi connectivity index (χ4v) is 1.62. The van der Waals surface area contributed by atoms with Gasteiger partial charge in [-0.3, -0.25) is 5.43 Å². The third-order valence-corrected chi connectivity index (χ3v) is 2.88. The van der Waals surface area contributed by atoms with E-state index in [1.807, 2.05) is 0 Å². The molecule has 13 heavy (non-hydrogen) atoms. The molecule has 0 aromatic carbocycles. The highest BCUT2D eigenvalue weighted by molar-refractivity contribution is 4.85. The lowest BCUT2D eigenvalue weighted by Gasteiger charge is -2.17. The molecule has 0 radical (unpaired) electrons. The van der Waals surface area contributed by atoms with Crippen molar-refractivity contribution in [2.75, 3.05) is 7.11 Å². The third kappa shape index (κ3) is 2.64. The van der Waals surface area contributed by atoms with Crippen LogP contribution < -0.4 is 10.9 Å². The van der Waals surface area contributed by atoms with Gasteiger partial charge in [0, 0.05) is 13.2 Å².